The van der Waals surface area contributed by atoms with Crippen molar-refractivity contribution in [2.24, 2.45) is 0 Å². The molecule has 0 atom stereocenters. The van der Waals surface area contributed by atoms with Crippen LogP contribution in [0.2, 0.25) is 0 Å². The fourth-order valence-electron chi connectivity index (χ4n) is 0.908. The van der Waals surface area contributed by atoms with Crippen LogP contribution in [0.5, 0.6) is 0 Å². The van der Waals surface area contributed by atoms with E-state index in [-0.39, 0.29) is 11.3 Å². The van der Waals surface area contributed by atoms with E-state index in [4.69, 9.17) is 5.11 Å². The molecular formula is C8H9NO4. The first-order valence-corrected chi connectivity index (χ1v) is 3.80. The van der Waals surface area contributed by atoms with Crippen LogP contribution in [-0.4, -0.2) is 16.0 Å². The van der Waals surface area contributed by atoms with Gasteiger partial charge < -0.3 is 5.11 Å². The summed E-state index contributed by atoms with van der Waals surface area (Å²) in [7, 11) is 0. The Bertz CT molecular complexity index is 321. The quantitative estimate of drug-likeness (QED) is 0.406. The van der Waals surface area contributed by atoms with E-state index in [0.29, 0.717) is 0 Å². The van der Waals surface area contributed by atoms with Gasteiger partial charge in [-0.1, -0.05) is 5.57 Å². The number of aliphatic carboxylic acids is 1. The Morgan fingerprint density at radius 1 is 1.62 bits per heavy atom. The minimum atomic E-state index is -1.09. The molecule has 0 radical (unpaired) electrons. The number of hydrogen-bond acceptors (Lipinski definition) is 3. The van der Waals surface area contributed by atoms with E-state index in [0.717, 1.165) is 24.5 Å². The number of carbonyl (C=O) groups is 1. The second-order valence-electron chi connectivity index (χ2n) is 2.87. The molecule has 1 aliphatic rings. The Labute approximate surface area is 74.5 Å². The standard InChI is InChI=1S/C8H9NO4/c1-5(9(12)13)4-7(8(10)11)6-2-3-6/h4H,2-3H2,1H3,(H,10,11)/b5-4+. The number of hydrogen-bond donors (Lipinski definition) is 1. The first kappa shape index (κ1) is 9.44. The van der Waals surface area contributed by atoms with Crippen molar-refractivity contribution in [3.63, 3.8) is 0 Å². The Morgan fingerprint density at radius 3 is 2.46 bits per heavy atom. The summed E-state index contributed by atoms with van der Waals surface area (Å²) in [6.07, 6.45) is 2.59. The van der Waals surface area contributed by atoms with E-state index in [1.165, 1.54) is 6.92 Å². The van der Waals surface area contributed by atoms with E-state index >= 15 is 0 Å². The van der Waals surface area contributed by atoms with Crippen LogP contribution in [-0.2, 0) is 4.79 Å². The maximum absolute atomic E-state index is 10.6. The summed E-state index contributed by atoms with van der Waals surface area (Å²) in [4.78, 5) is 20.2. The predicted molar refractivity (Wildman–Crippen MR) is 44.6 cm³/mol. The number of carboxylic acids is 1. The predicted octanol–water partition coefficient (Wildman–Crippen LogP) is 1.34. The summed E-state index contributed by atoms with van der Waals surface area (Å²) in [5, 5.41) is 18.9. The van der Waals surface area contributed by atoms with Gasteiger partial charge >= 0.3 is 5.97 Å². The van der Waals surface area contributed by atoms with E-state index in [1.54, 1.807) is 0 Å². The first-order chi connectivity index (χ1) is 6.02. The van der Waals surface area contributed by atoms with Crippen LogP contribution >= 0.6 is 0 Å². The van der Waals surface area contributed by atoms with Crippen LogP contribution in [0, 0.1) is 10.1 Å². The summed E-state index contributed by atoms with van der Waals surface area (Å²) >= 11 is 0. The van der Waals surface area contributed by atoms with Crippen molar-refractivity contribution in [1.29, 1.82) is 0 Å². The smallest absolute Gasteiger partial charge is 0.335 e. The zero-order valence-corrected chi connectivity index (χ0v) is 7.11. The van der Waals surface area contributed by atoms with Gasteiger partial charge in [-0.15, -0.1) is 0 Å². The normalized spacial score (nSPS) is 15.5. The highest BCUT2D eigenvalue weighted by atomic mass is 16.6. The number of carboxylic acid groups (broad SMARTS) is 1. The molecule has 13 heavy (non-hydrogen) atoms. The molecule has 0 saturated heterocycles. The Kier molecular flexibility index (Phi) is 2.46. The highest BCUT2D eigenvalue weighted by Crippen LogP contribution is 2.32. The summed E-state index contributed by atoms with van der Waals surface area (Å²) in [5.74, 6) is -1.09. The van der Waals surface area contributed by atoms with Gasteiger partial charge in [-0.2, -0.15) is 0 Å². The zero-order chi connectivity index (χ0) is 10.0. The monoisotopic (exact) mass is 183 g/mol. The van der Waals surface area contributed by atoms with Gasteiger partial charge in [-0.25, -0.2) is 4.79 Å². The molecule has 1 saturated carbocycles. The molecule has 0 unspecified atom stereocenters. The maximum Gasteiger partial charge on any atom is 0.335 e. The summed E-state index contributed by atoms with van der Waals surface area (Å²) < 4.78 is 0. The lowest BCUT2D eigenvalue weighted by Gasteiger charge is -1.93. The minimum absolute atomic E-state index is 0.0780. The van der Waals surface area contributed by atoms with E-state index in [9.17, 15) is 14.9 Å². The van der Waals surface area contributed by atoms with Crippen molar-refractivity contribution >= 4 is 5.97 Å². The maximum atomic E-state index is 10.6. The van der Waals surface area contributed by atoms with Gasteiger partial charge in [0.25, 0.3) is 0 Å². The summed E-state index contributed by atoms with van der Waals surface area (Å²) in [6.45, 7) is 1.28. The van der Waals surface area contributed by atoms with Gasteiger partial charge in [0.2, 0.25) is 5.70 Å². The average Bonchev–Trinajstić information content (AvgIpc) is 2.81. The van der Waals surface area contributed by atoms with Gasteiger partial charge in [0.1, 0.15) is 0 Å². The van der Waals surface area contributed by atoms with E-state index < -0.39 is 10.9 Å². The van der Waals surface area contributed by atoms with Crippen LogP contribution in [0.4, 0.5) is 0 Å². The molecule has 70 valence electrons. The van der Waals surface area contributed by atoms with Gasteiger partial charge in [-0.3, -0.25) is 10.1 Å². The molecule has 0 aromatic carbocycles. The molecule has 1 N–H and O–H groups in total. The minimum Gasteiger partial charge on any atom is -0.478 e. The molecule has 0 amide bonds. The SMILES string of the molecule is C/C(=C\C(C(=O)O)=C1CC1)[N+](=O)[O-]. The summed E-state index contributed by atoms with van der Waals surface area (Å²) in [6, 6.07) is 0. The third-order valence-corrected chi connectivity index (χ3v) is 1.75. The van der Waals surface area contributed by atoms with Gasteiger partial charge in [0.05, 0.1) is 10.5 Å². The van der Waals surface area contributed by atoms with E-state index in [1.807, 2.05) is 0 Å². The molecule has 0 bridgehead atoms. The Hall–Kier alpha value is -1.65. The molecule has 5 nitrogen and oxygen atoms in total. The molecule has 1 rings (SSSR count). The van der Waals surface area contributed by atoms with Crippen molar-refractivity contribution in [1.82, 2.24) is 0 Å². The second-order valence-corrected chi connectivity index (χ2v) is 2.87. The number of nitro groups is 1. The number of rotatable bonds is 3. The lowest BCUT2D eigenvalue weighted by molar-refractivity contribution is -0.424. The van der Waals surface area contributed by atoms with Crippen LogP contribution < -0.4 is 0 Å². The molecule has 0 aliphatic heterocycles. The molecule has 1 fully saturated rings. The topological polar surface area (TPSA) is 80.4 Å². The van der Waals surface area contributed by atoms with Crippen molar-refractivity contribution in [3.05, 3.63) is 33.0 Å². The Balaban J connectivity index is 2.93. The van der Waals surface area contributed by atoms with Crippen LogP contribution in [0.25, 0.3) is 0 Å². The van der Waals surface area contributed by atoms with Crippen LogP contribution in [0.15, 0.2) is 22.9 Å². The van der Waals surface area contributed by atoms with Crippen LogP contribution in [0.3, 0.4) is 0 Å². The zero-order valence-electron chi connectivity index (χ0n) is 7.11. The second kappa shape index (κ2) is 3.38. The van der Waals surface area contributed by atoms with Crippen molar-refractivity contribution in [3.8, 4) is 0 Å². The molecule has 0 aromatic rings. The molecule has 5 heteroatoms. The highest BCUT2D eigenvalue weighted by Gasteiger charge is 2.22. The first-order valence-electron chi connectivity index (χ1n) is 3.80. The van der Waals surface area contributed by atoms with Gasteiger partial charge in [0, 0.05) is 13.0 Å². The van der Waals surface area contributed by atoms with Gasteiger partial charge in [-0.05, 0) is 12.8 Å². The van der Waals surface area contributed by atoms with E-state index in [2.05, 4.69) is 0 Å². The third-order valence-electron chi connectivity index (χ3n) is 1.75. The molecule has 0 aromatic heterocycles. The third kappa shape index (κ3) is 2.40. The highest BCUT2D eigenvalue weighted by molar-refractivity contribution is 5.91. The van der Waals surface area contributed by atoms with Crippen molar-refractivity contribution < 1.29 is 14.8 Å². The Morgan fingerprint density at radius 2 is 2.15 bits per heavy atom. The fraction of sp³-hybridized carbons (Fsp3) is 0.375. The number of nitrogens with zero attached hydrogens (tertiary/aromatic N) is 1. The molecule has 1 aliphatic carbocycles. The molecule has 0 spiro atoms. The van der Waals surface area contributed by atoms with Gasteiger partial charge in [0.15, 0.2) is 0 Å². The summed E-state index contributed by atoms with van der Waals surface area (Å²) in [5.41, 5.74) is 0.722. The lowest BCUT2D eigenvalue weighted by Crippen LogP contribution is -2.01. The number of allylic oxidation sites excluding steroid dienone is 2. The van der Waals surface area contributed by atoms with Crippen LogP contribution in [0.1, 0.15) is 19.8 Å². The lowest BCUT2D eigenvalue weighted by atomic mass is 10.2. The van der Waals surface area contributed by atoms with Crippen molar-refractivity contribution in [2.75, 3.05) is 0 Å². The van der Waals surface area contributed by atoms with Crippen molar-refractivity contribution in [2.45, 2.75) is 19.8 Å². The molecular weight excluding hydrogens is 174 g/mol. The fourth-order valence-corrected chi connectivity index (χ4v) is 0.908. The largest absolute Gasteiger partial charge is 0.478 e. The molecule has 0 heterocycles. The average molecular weight is 183 g/mol.